The van der Waals surface area contributed by atoms with Crippen molar-refractivity contribution in [2.75, 3.05) is 0 Å². The van der Waals surface area contributed by atoms with E-state index in [2.05, 4.69) is 15.6 Å². The van der Waals surface area contributed by atoms with Crippen LogP contribution in [0.1, 0.15) is 60.9 Å². The average molecular weight is 607 g/mol. The molecule has 8 nitrogen and oxygen atoms in total. The van der Waals surface area contributed by atoms with Gasteiger partial charge in [0.05, 0.1) is 17.3 Å². The second kappa shape index (κ2) is 12.7. The summed E-state index contributed by atoms with van der Waals surface area (Å²) in [7, 11) is 1.63. The number of aromatic nitrogens is 2. The van der Waals surface area contributed by atoms with E-state index in [4.69, 9.17) is 4.74 Å². The van der Waals surface area contributed by atoms with Gasteiger partial charge in [0.25, 0.3) is 5.91 Å². The molecular formula is C33H33F3N4O4. The fourth-order valence-electron chi connectivity index (χ4n) is 4.43. The minimum atomic E-state index is -4.55. The Kier molecular flexibility index (Phi) is 9.27. The van der Waals surface area contributed by atoms with E-state index in [-0.39, 0.29) is 17.8 Å². The number of alkyl halides is 3. The van der Waals surface area contributed by atoms with Crippen LogP contribution in [-0.4, -0.2) is 27.2 Å². The van der Waals surface area contributed by atoms with Gasteiger partial charge in [-0.15, -0.1) is 0 Å². The van der Waals surface area contributed by atoms with Gasteiger partial charge < -0.3 is 19.9 Å². The Morgan fingerprint density at radius 3 is 2.27 bits per heavy atom. The van der Waals surface area contributed by atoms with Crippen LogP contribution in [0.5, 0.6) is 0 Å². The van der Waals surface area contributed by atoms with Gasteiger partial charge in [-0.1, -0.05) is 36.4 Å². The van der Waals surface area contributed by atoms with Crippen molar-refractivity contribution in [2.24, 2.45) is 7.05 Å². The molecule has 0 unspecified atom stereocenters. The number of halogens is 3. The van der Waals surface area contributed by atoms with Crippen molar-refractivity contribution < 1.29 is 27.5 Å². The van der Waals surface area contributed by atoms with Crippen molar-refractivity contribution in [1.29, 1.82) is 0 Å². The molecule has 230 valence electrons. The number of aryl methyl sites for hydroxylation is 1. The van der Waals surface area contributed by atoms with E-state index in [0.29, 0.717) is 27.9 Å². The van der Waals surface area contributed by atoms with Crippen molar-refractivity contribution >= 4 is 12.0 Å². The molecule has 0 bridgehead atoms. The monoisotopic (exact) mass is 606 g/mol. The number of alkyl carbamates (subject to hydrolysis) is 1. The molecule has 2 N–H and O–H groups in total. The third-order valence-electron chi connectivity index (χ3n) is 6.69. The highest BCUT2D eigenvalue weighted by molar-refractivity contribution is 5.93. The zero-order chi connectivity index (χ0) is 32.2. The standard InChI is InChI=1S/C33H33F3N4O4/c1-20(38-30(42)28-8-6-7-27(39-28)24-14-16-29(41)40(5)19-24)21-9-11-22(12-10-21)26-17-25(33(34,35)36)15-13-23(26)18-37-31(43)44-32(2,3)4/h6-17,19-20H,18H2,1-5H3,(H,37,43)(H,38,42)/t20-/m1/s1. The van der Waals surface area contributed by atoms with Gasteiger partial charge in [-0.2, -0.15) is 13.2 Å². The van der Waals surface area contributed by atoms with Crippen LogP contribution in [0.15, 0.2) is 83.8 Å². The maximum atomic E-state index is 13.6. The Labute approximate surface area is 252 Å². The first-order valence-electron chi connectivity index (χ1n) is 13.8. The first kappa shape index (κ1) is 32.0. The molecule has 0 saturated heterocycles. The van der Waals surface area contributed by atoms with E-state index < -0.39 is 35.4 Å². The van der Waals surface area contributed by atoms with E-state index in [0.717, 1.165) is 17.7 Å². The quantitative estimate of drug-likeness (QED) is 0.245. The number of benzene rings is 2. The highest BCUT2D eigenvalue weighted by Gasteiger charge is 2.31. The van der Waals surface area contributed by atoms with Crippen LogP contribution in [0.25, 0.3) is 22.4 Å². The predicted octanol–water partition coefficient (Wildman–Crippen LogP) is 6.65. The smallest absolute Gasteiger partial charge is 0.416 e. The molecule has 0 saturated carbocycles. The number of pyridine rings is 2. The lowest BCUT2D eigenvalue weighted by Gasteiger charge is -2.20. The molecule has 2 heterocycles. The molecule has 0 spiro atoms. The molecule has 0 aliphatic heterocycles. The first-order chi connectivity index (χ1) is 20.6. The summed E-state index contributed by atoms with van der Waals surface area (Å²) in [6.45, 7) is 6.88. The molecule has 0 aliphatic rings. The molecule has 4 aromatic rings. The van der Waals surface area contributed by atoms with Gasteiger partial charge in [0, 0.05) is 31.4 Å². The Bertz CT molecular complexity index is 1720. The van der Waals surface area contributed by atoms with Gasteiger partial charge in [0.1, 0.15) is 11.3 Å². The Morgan fingerprint density at radius 2 is 1.64 bits per heavy atom. The highest BCUT2D eigenvalue weighted by atomic mass is 19.4. The number of rotatable bonds is 7. The molecule has 11 heteroatoms. The summed E-state index contributed by atoms with van der Waals surface area (Å²) in [5.74, 6) is -0.415. The zero-order valence-corrected chi connectivity index (χ0v) is 25.0. The second-order valence-corrected chi connectivity index (χ2v) is 11.3. The van der Waals surface area contributed by atoms with E-state index >= 15 is 0 Å². The molecule has 2 aromatic carbocycles. The Morgan fingerprint density at radius 1 is 0.955 bits per heavy atom. The number of amides is 2. The van der Waals surface area contributed by atoms with Crippen molar-refractivity contribution in [3.8, 4) is 22.4 Å². The lowest BCUT2D eigenvalue weighted by atomic mass is 9.95. The van der Waals surface area contributed by atoms with E-state index in [1.165, 1.54) is 16.7 Å². The Hall–Kier alpha value is -4.93. The largest absolute Gasteiger partial charge is 0.444 e. The fraction of sp³-hybridized carbons (Fsp3) is 0.273. The molecule has 4 rings (SSSR count). The zero-order valence-electron chi connectivity index (χ0n) is 25.0. The van der Waals surface area contributed by atoms with Crippen molar-refractivity contribution in [1.82, 2.24) is 20.2 Å². The number of ether oxygens (including phenoxy) is 1. The van der Waals surface area contributed by atoms with Gasteiger partial charge in [-0.25, -0.2) is 9.78 Å². The minimum absolute atomic E-state index is 0.0397. The van der Waals surface area contributed by atoms with Crippen LogP contribution in [0.4, 0.5) is 18.0 Å². The first-order valence-corrected chi connectivity index (χ1v) is 13.8. The lowest BCUT2D eigenvalue weighted by Crippen LogP contribution is -2.32. The molecule has 2 aromatic heterocycles. The maximum Gasteiger partial charge on any atom is 0.416 e. The van der Waals surface area contributed by atoms with Gasteiger partial charge >= 0.3 is 12.3 Å². The van der Waals surface area contributed by atoms with Crippen LogP contribution in [0.2, 0.25) is 0 Å². The highest BCUT2D eigenvalue weighted by Crippen LogP contribution is 2.34. The molecule has 1 atom stereocenters. The van der Waals surface area contributed by atoms with Crippen LogP contribution in [0.3, 0.4) is 0 Å². The molecule has 2 amide bonds. The van der Waals surface area contributed by atoms with Gasteiger partial charge in [-0.3, -0.25) is 9.59 Å². The third kappa shape index (κ3) is 8.12. The summed E-state index contributed by atoms with van der Waals surface area (Å²) >= 11 is 0. The SMILES string of the molecule is C[C@@H](NC(=O)c1cccc(-c2ccc(=O)n(C)c2)n1)c1ccc(-c2cc(C(F)(F)F)ccc2CNC(=O)OC(C)(C)C)cc1. The summed E-state index contributed by atoms with van der Waals surface area (Å²) in [4.78, 5) is 41.4. The number of nitrogens with zero attached hydrogens (tertiary/aromatic N) is 2. The number of hydrogen-bond acceptors (Lipinski definition) is 5. The van der Waals surface area contributed by atoms with Crippen LogP contribution in [0, 0.1) is 0 Å². The molecule has 0 aliphatic carbocycles. The molecule has 0 radical (unpaired) electrons. The normalized spacial score (nSPS) is 12.4. The minimum Gasteiger partial charge on any atom is -0.444 e. The second-order valence-electron chi connectivity index (χ2n) is 11.3. The van der Waals surface area contributed by atoms with Gasteiger partial charge in [0.2, 0.25) is 5.56 Å². The fourth-order valence-corrected chi connectivity index (χ4v) is 4.43. The van der Waals surface area contributed by atoms with Crippen LogP contribution < -0.4 is 16.2 Å². The third-order valence-corrected chi connectivity index (χ3v) is 6.69. The van der Waals surface area contributed by atoms with Gasteiger partial charge in [0.15, 0.2) is 0 Å². The maximum absolute atomic E-state index is 13.6. The van der Waals surface area contributed by atoms with Crippen molar-refractivity contribution in [3.63, 3.8) is 0 Å². The van der Waals surface area contributed by atoms with Crippen molar-refractivity contribution in [2.45, 2.75) is 52.1 Å². The summed E-state index contributed by atoms with van der Waals surface area (Å²) in [6, 6.07) is 17.8. The molecule has 44 heavy (non-hydrogen) atoms. The molecular weight excluding hydrogens is 573 g/mol. The van der Waals surface area contributed by atoms with E-state index in [1.54, 1.807) is 89.5 Å². The topological polar surface area (TPSA) is 102 Å². The summed E-state index contributed by atoms with van der Waals surface area (Å²) in [5, 5.41) is 5.50. The number of carbonyl (C=O) groups excluding carboxylic acids is 2. The number of carbonyl (C=O) groups is 2. The number of hydrogen-bond donors (Lipinski definition) is 2. The molecule has 0 fully saturated rings. The van der Waals surface area contributed by atoms with Crippen molar-refractivity contribution in [3.05, 3.63) is 112 Å². The van der Waals surface area contributed by atoms with Crippen LogP contribution in [-0.2, 0) is 24.5 Å². The van der Waals surface area contributed by atoms with E-state index in [1.807, 2.05) is 0 Å². The predicted molar refractivity (Wildman–Crippen MR) is 161 cm³/mol. The summed E-state index contributed by atoms with van der Waals surface area (Å²) in [6.07, 6.45) is -3.59. The lowest BCUT2D eigenvalue weighted by molar-refractivity contribution is -0.137. The van der Waals surface area contributed by atoms with E-state index in [9.17, 15) is 27.6 Å². The van der Waals surface area contributed by atoms with Gasteiger partial charge in [-0.05, 0) is 80.3 Å². The Balaban J connectivity index is 1.52. The average Bonchev–Trinajstić information content (AvgIpc) is 2.96. The summed E-state index contributed by atoms with van der Waals surface area (Å²) < 4.78 is 47.3. The number of nitrogens with one attached hydrogen (secondary N) is 2. The van der Waals surface area contributed by atoms with Crippen LogP contribution >= 0.6 is 0 Å². The summed E-state index contributed by atoms with van der Waals surface area (Å²) in [5.41, 5.74) is 1.70.